The predicted molar refractivity (Wildman–Crippen MR) is 70.5 cm³/mol. The molecule has 0 heterocycles. The number of aromatic carboxylic acids is 1. The van der Waals surface area contributed by atoms with Gasteiger partial charge in [0.25, 0.3) is 0 Å². The molecule has 0 aliphatic rings. The molecule has 1 rings (SSSR count). The van der Waals surface area contributed by atoms with Gasteiger partial charge in [-0.15, -0.1) is 0 Å². The summed E-state index contributed by atoms with van der Waals surface area (Å²) in [5, 5.41) is 22.9. The first-order chi connectivity index (χ1) is 9.13. The molecule has 0 fully saturated rings. The maximum atomic E-state index is 11.6. The van der Waals surface area contributed by atoms with Gasteiger partial charge in [-0.2, -0.15) is 0 Å². The highest BCUT2D eigenvalue weighted by Crippen LogP contribution is 2.21. The number of phenols is 1. The van der Waals surface area contributed by atoms with Crippen LogP contribution >= 0.6 is 0 Å². The normalized spacial score (nSPS) is 10.7. The van der Waals surface area contributed by atoms with Gasteiger partial charge in [-0.05, 0) is 26.0 Å². The molecule has 108 valence electrons. The van der Waals surface area contributed by atoms with Gasteiger partial charge in [0.2, 0.25) is 5.91 Å². The summed E-state index contributed by atoms with van der Waals surface area (Å²) in [5.41, 5.74) is 3.75. The number of nitrogens with two attached hydrogens (primary N) is 1. The van der Waals surface area contributed by atoms with Crippen LogP contribution in [0.1, 0.15) is 24.2 Å². The Morgan fingerprint density at radius 3 is 2.30 bits per heavy atom. The van der Waals surface area contributed by atoms with Gasteiger partial charge in [0, 0.05) is 11.8 Å². The Bertz CT molecular complexity index is 568. The van der Waals surface area contributed by atoms with Crippen LogP contribution in [0.3, 0.4) is 0 Å². The van der Waals surface area contributed by atoms with E-state index in [0.29, 0.717) is 0 Å². The topological polar surface area (TPSA) is 142 Å². The van der Waals surface area contributed by atoms with Crippen molar-refractivity contribution in [2.75, 3.05) is 5.32 Å². The standard InChI is InChI=1S/C12H15N3O5/c1-12(2,10(13)19)15-11(20)14-6-3-4-7(9(17)18)8(16)5-6/h3-5,16H,1-2H3,(H2,13,19)(H,17,18)(H2,14,15,20). The molecule has 0 spiro atoms. The van der Waals surface area contributed by atoms with E-state index >= 15 is 0 Å². The number of amides is 3. The van der Waals surface area contributed by atoms with Crippen LogP contribution in [0, 0.1) is 0 Å². The van der Waals surface area contributed by atoms with Crippen LogP contribution in [0.2, 0.25) is 0 Å². The molecule has 1 aromatic rings. The molecule has 20 heavy (non-hydrogen) atoms. The van der Waals surface area contributed by atoms with E-state index in [2.05, 4.69) is 10.6 Å². The third-order valence-corrected chi connectivity index (χ3v) is 2.53. The summed E-state index contributed by atoms with van der Waals surface area (Å²) in [6, 6.07) is 2.82. The van der Waals surface area contributed by atoms with Crippen molar-refractivity contribution in [1.82, 2.24) is 5.32 Å². The van der Waals surface area contributed by atoms with E-state index in [-0.39, 0.29) is 11.3 Å². The molecule has 8 heteroatoms. The molecular weight excluding hydrogens is 266 g/mol. The molecule has 0 aromatic heterocycles. The number of benzene rings is 1. The fourth-order valence-electron chi connectivity index (χ4n) is 1.30. The van der Waals surface area contributed by atoms with Gasteiger partial charge in [-0.25, -0.2) is 9.59 Å². The number of rotatable bonds is 4. The third-order valence-electron chi connectivity index (χ3n) is 2.53. The Hall–Kier alpha value is -2.77. The second kappa shape index (κ2) is 5.47. The molecule has 0 aliphatic carbocycles. The monoisotopic (exact) mass is 281 g/mol. The minimum absolute atomic E-state index is 0.172. The molecule has 0 atom stereocenters. The molecule has 0 unspecified atom stereocenters. The number of carbonyl (C=O) groups excluding carboxylic acids is 2. The molecule has 0 radical (unpaired) electrons. The smallest absolute Gasteiger partial charge is 0.339 e. The molecule has 0 bridgehead atoms. The summed E-state index contributed by atoms with van der Waals surface area (Å²) >= 11 is 0. The van der Waals surface area contributed by atoms with Crippen molar-refractivity contribution in [2.45, 2.75) is 19.4 Å². The zero-order valence-electron chi connectivity index (χ0n) is 10.9. The van der Waals surface area contributed by atoms with Gasteiger partial charge in [0.05, 0.1) is 0 Å². The van der Waals surface area contributed by atoms with Gasteiger partial charge in [-0.3, -0.25) is 4.79 Å². The van der Waals surface area contributed by atoms with Gasteiger partial charge >= 0.3 is 12.0 Å². The lowest BCUT2D eigenvalue weighted by molar-refractivity contribution is -0.122. The van der Waals surface area contributed by atoms with E-state index in [4.69, 9.17) is 10.8 Å². The number of nitrogens with one attached hydrogen (secondary N) is 2. The number of hydrogen-bond acceptors (Lipinski definition) is 4. The summed E-state index contributed by atoms with van der Waals surface area (Å²) in [6.45, 7) is 2.86. The highest BCUT2D eigenvalue weighted by molar-refractivity contribution is 5.96. The molecule has 0 saturated carbocycles. The fraction of sp³-hybridized carbons (Fsp3) is 0.250. The average molecular weight is 281 g/mol. The number of carbonyl (C=O) groups is 3. The number of primary amides is 1. The number of hydrogen-bond donors (Lipinski definition) is 5. The van der Waals surface area contributed by atoms with E-state index in [1.165, 1.54) is 19.9 Å². The van der Waals surface area contributed by atoms with E-state index < -0.39 is 29.2 Å². The zero-order chi connectivity index (χ0) is 15.5. The molecule has 3 amide bonds. The van der Waals surface area contributed by atoms with E-state index in [1.807, 2.05) is 0 Å². The molecule has 8 nitrogen and oxygen atoms in total. The van der Waals surface area contributed by atoms with Crippen molar-refractivity contribution < 1.29 is 24.6 Å². The van der Waals surface area contributed by atoms with Crippen molar-refractivity contribution in [3.05, 3.63) is 23.8 Å². The predicted octanol–water partition coefficient (Wildman–Crippen LogP) is 0.476. The Morgan fingerprint density at radius 2 is 1.85 bits per heavy atom. The van der Waals surface area contributed by atoms with Gasteiger partial charge in [0.15, 0.2) is 0 Å². The van der Waals surface area contributed by atoms with Crippen LogP contribution in [0.4, 0.5) is 10.5 Å². The van der Waals surface area contributed by atoms with Crippen LogP contribution < -0.4 is 16.4 Å². The number of carboxylic acid groups (broad SMARTS) is 1. The quantitative estimate of drug-likeness (QED) is 0.545. The highest BCUT2D eigenvalue weighted by atomic mass is 16.4. The van der Waals surface area contributed by atoms with Crippen molar-refractivity contribution >= 4 is 23.6 Å². The summed E-state index contributed by atoms with van der Waals surface area (Å²) in [7, 11) is 0. The van der Waals surface area contributed by atoms with Crippen LogP contribution in [-0.4, -0.2) is 33.7 Å². The fourth-order valence-corrected chi connectivity index (χ4v) is 1.30. The first-order valence-electron chi connectivity index (χ1n) is 5.59. The van der Waals surface area contributed by atoms with Gasteiger partial charge in [0.1, 0.15) is 16.9 Å². The summed E-state index contributed by atoms with van der Waals surface area (Å²) < 4.78 is 0. The second-order valence-electron chi connectivity index (χ2n) is 4.61. The zero-order valence-corrected chi connectivity index (χ0v) is 10.9. The SMILES string of the molecule is CC(C)(NC(=O)Nc1ccc(C(=O)O)c(O)c1)C(N)=O. The number of aromatic hydroxyl groups is 1. The largest absolute Gasteiger partial charge is 0.507 e. The lowest BCUT2D eigenvalue weighted by Crippen LogP contribution is -2.54. The Labute approximate surface area is 114 Å². The summed E-state index contributed by atoms with van der Waals surface area (Å²) in [4.78, 5) is 33.4. The van der Waals surface area contributed by atoms with Gasteiger partial charge < -0.3 is 26.6 Å². The van der Waals surface area contributed by atoms with Crippen LogP contribution in [-0.2, 0) is 4.79 Å². The second-order valence-corrected chi connectivity index (χ2v) is 4.61. The van der Waals surface area contributed by atoms with E-state index in [0.717, 1.165) is 12.1 Å². The Morgan fingerprint density at radius 1 is 1.25 bits per heavy atom. The number of urea groups is 1. The molecule has 1 aromatic carbocycles. The first kappa shape index (κ1) is 15.3. The van der Waals surface area contributed by atoms with Crippen LogP contribution in [0.15, 0.2) is 18.2 Å². The lowest BCUT2D eigenvalue weighted by atomic mass is 10.1. The maximum Gasteiger partial charge on any atom is 0.339 e. The Kier molecular flexibility index (Phi) is 4.18. The molecule has 0 aliphatic heterocycles. The van der Waals surface area contributed by atoms with E-state index in [1.54, 1.807) is 0 Å². The average Bonchev–Trinajstić information content (AvgIpc) is 2.26. The lowest BCUT2D eigenvalue weighted by Gasteiger charge is -2.22. The summed E-state index contributed by atoms with van der Waals surface area (Å²) in [5.74, 6) is -2.48. The molecule has 6 N–H and O–H groups in total. The van der Waals surface area contributed by atoms with Crippen molar-refractivity contribution in [3.63, 3.8) is 0 Å². The highest BCUT2D eigenvalue weighted by Gasteiger charge is 2.26. The van der Waals surface area contributed by atoms with Crippen LogP contribution in [0.25, 0.3) is 0 Å². The maximum absolute atomic E-state index is 11.6. The molecule has 0 saturated heterocycles. The third kappa shape index (κ3) is 3.61. The minimum Gasteiger partial charge on any atom is -0.507 e. The van der Waals surface area contributed by atoms with E-state index in [9.17, 15) is 19.5 Å². The number of carboxylic acids is 1. The first-order valence-corrected chi connectivity index (χ1v) is 5.59. The van der Waals surface area contributed by atoms with Gasteiger partial charge in [-0.1, -0.05) is 0 Å². The summed E-state index contributed by atoms with van der Waals surface area (Å²) in [6.07, 6.45) is 0. The number of anilines is 1. The minimum atomic E-state index is -1.28. The van der Waals surface area contributed by atoms with Crippen molar-refractivity contribution in [2.24, 2.45) is 5.73 Å². The van der Waals surface area contributed by atoms with Crippen LogP contribution in [0.5, 0.6) is 5.75 Å². The van der Waals surface area contributed by atoms with Crippen molar-refractivity contribution in [1.29, 1.82) is 0 Å². The Balaban J connectivity index is 2.80. The molecular formula is C12H15N3O5. The van der Waals surface area contributed by atoms with Crippen molar-refractivity contribution in [3.8, 4) is 5.75 Å².